The fraction of sp³-hybridized carbons (Fsp3) is 0.333. The minimum absolute atomic E-state index is 0.216. The molecule has 2 saturated heterocycles. The van der Waals surface area contributed by atoms with Crippen molar-refractivity contribution in [1.82, 2.24) is 40.5 Å². The summed E-state index contributed by atoms with van der Waals surface area (Å²) in [5, 5.41) is 6.84. The number of hydrogen-bond acceptors (Lipinski definition) is 6. The zero-order chi connectivity index (χ0) is 22.2. The van der Waals surface area contributed by atoms with Crippen LogP contribution in [-0.2, 0) is 0 Å². The second-order valence-electron chi connectivity index (χ2n) is 8.65. The van der Waals surface area contributed by atoms with E-state index in [2.05, 4.69) is 40.5 Å². The van der Waals surface area contributed by atoms with Gasteiger partial charge in [-0.3, -0.25) is 0 Å². The van der Waals surface area contributed by atoms with Crippen LogP contribution in [0.3, 0.4) is 0 Å². The van der Waals surface area contributed by atoms with Gasteiger partial charge in [0.15, 0.2) is 5.82 Å². The Kier molecular flexibility index (Phi) is 5.20. The van der Waals surface area contributed by atoms with Crippen LogP contribution < -0.4 is 10.6 Å². The Bertz CT molecular complexity index is 1250. The fourth-order valence-corrected chi connectivity index (χ4v) is 4.64. The number of rotatable bonds is 5. The van der Waals surface area contributed by atoms with Crippen molar-refractivity contribution in [2.75, 3.05) is 13.1 Å². The molecule has 2 aliphatic rings. The van der Waals surface area contributed by atoms with E-state index in [4.69, 9.17) is 0 Å². The fourth-order valence-electron chi connectivity index (χ4n) is 4.64. The molecule has 33 heavy (non-hydrogen) atoms. The number of nitrogens with one attached hydrogen (secondary N) is 4. The highest BCUT2D eigenvalue weighted by molar-refractivity contribution is 5.66. The van der Waals surface area contributed by atoms with Gasteiger partial charge < -0.3 is 20.6 Å². The Morgan fingerprint density at radius 3 is 1.97 bits per heavy atom. The van der Waals surface area contributed by atoms with Gasteiger partial charge in [0.1, 0.15) is 17.5 Å². The van der Waals surface area contributed by atoms with Crippen molar-refractivity contribution in [2.24, 2.45) is 0 Å². The summed E-state index contributed by atoms with van der Waals surface area (Å²) in [5.41, 5.74) is 3.50. The van der Waals surface area contributed by atoms with E-state index in [1.54, 1.807) is 24.7 Å². The molecule has 168 valence electrons. The van der Waals surface area contributed by atoms with E-state index in [9.17, 15) is 4.39 Å². The predicted molar refractivity (Wildman–Crippen MR) is 123 cm³/mol. The third-order valence-electron chi connectivity index (χ3n) is 6.45. The lowest BCUT2D eigenvalue weighted by atomic mass is 10.1. The van der Waals surface area contributed by atoms with Crippen LogP contribution in [0.1, 0.15) is 49.4 Å². The molecule has 2 fully saturated rings. The Labute approximate surface area is 190 Å². The first-order valence-electron chi connectivity index (χ1n) is 11.4. The van der Waals surface area contributed by atoms with Crippen LogP contribution in [0.15, 0.2) is 43.0 Å². The number of benzene rings is 1. The second-order valence-corrected chi connectivity index (χ2v) is 8.65. The van der Waals surface area contributed by atoms with E-state index in [1.165, 1.54) is 6.07 Å². The predicted octanol–water partition coefficient (Wildman–Crippen LogP) is 3.91. The zero-order valence-corrected chi connectivity index (χ0v) is 18.1. The van der Waals surface area contributed by atoms with Crippen LogP contribution in [0, 0.1) is 5.82 Å². The van der Waals surface area contributed by atoms with Crippen molar-refractivity contribution in [3.8, 4) is 33.9 Å². The van der Waals surface area contributed by atoms with Crippen molar-refractivity contribution in [1.29, 1.82) is 0 Å². The molecule has 6 rings (SSSR count). The molecule has 2 atom stereocenters. The Balaban J connectivity index is 1.20. The van der Waals surface area contributed by atoms with E-state index >= 15 is 0 Å². The van der Waals surface area contributed by atoms with Gasteiger partial charge in [0.05, 0.1) is 35.9 Å². The lowest BCUT2D eigenvalue weighted by Gasteiger charge is -2.07. The monoisotopic (exact) mass is 444 g/mol. The van der Waals surface area contributed by atoms with Crippen LogP contribution in [0.5, 0.6) is 0 Å². The van der Waals surface area contributed by atoms with Gasteiger partial charge in [-0.1, -0.05) is 6.07 Å². The molecule has 1 aromatic carbocycles. The number of halogens is 1. The summed E-state index contributed by atoms with van der Waals surface area (Å²) in [4.78, 5) is 24.5. The lowest BCUT2D eigenvalue weighted by Crippen LogP contribution is -2.14. The summed E-state index contributed by atoms with van der Waals surface area (Å²) in [5.74, 6) is 1.93. The minimum atomic E-state index is -0.336. The molecule has 0 radical (unpaired) electrons. The van der Waals surface area contributed by atoms with Crippen LogP contribution in [0.4, 0.5) is 4.39 Å². The summed E-state index contributed by atoms with van der Waals surface area (Å²) in [6, 6.07) is 5.55. The average Bonchev–Trinajstić information content (AvgIpc) is 3.64. The lowest BCUT2D eigenvalue weighted by molar-refractivity contribution is 0.612. The number of imidazole rings is 2. The first-order valence-corrected chi connectivity index (χ1v) is 11.4. The van der Waals surface area contributed by atoms with Gasteiger partial charge in [-0.15, -0.1) is 0 Å². The second kappa shape index (κ2) is 8.49. The third kappa shape index (κ3) is 3.94. The number of hydrogen-bond donors (Lipinski definition) is 4. The minimum Gasteiger partial charge on any atom is -0.341 e. The SMILES string of the molecule is Fc1cc(-c2ncc(-c3cnc([C@@H]4CCCN4)[nH]3)cn2)ccc1-c1cnc([C@@H]2CCCN2)[nH]1. The number of aromatic amines is 2. The molecular weight excluding hydrogens is 419 g/mol. The van der Waals surface area contributed by atoms with Crippen LogP contribution >= 0.6 is 0 Å². The van der Waals surface area contributed by atoms with Gasteiger partial charge in [0.25, 0.3) is 0 Å². The molecule has 9 heteroatoms. The molecule has 0 bridgehead atoms. The van der Waals surface area contributed by atoms with E-state index < -0.39 is 0 Å². The maximum Gasteiger partial charge on any atom is 0.159 e. The molecule has 3 aromatic heterocycles. The molecule has 4 N–H and O–H groups in total. The van der Waals surface area contributed by atoms with Gasteiger partial charge in [0.2, 0.25) is 0 Å². The van der Waals surface area contributed by atoms with E-state index in [0.29, 0.717) is 22.6 Å². The van der Waals surface area contributed by atoms with Crippen molar-refractivity contribution >= 4 is 0 Å². The van der Waals surface area contributed by atoms with Gasteiger partial charge >= 0.3 is 0 Å². The normalized spacial score (nSPS) is 20.5. The Hall–Kier alpha value is -3.43. The highest BCUT2D eigenvalue weighted by Crippen LogP contribution is 2.29. The van der Waals surface area contributed by atoms with Crippen LogP contribution in [-0.4, -0.2) is 43.0 Å². The van der Waals surface area contributed by atoms with Crippen molar-refractivity contribution in [3.05, 3.63) is 60.5 Å². The zero-order valence-electron chi connectivity index (χ0n) is 18.1. The number of H-pyrrole nitrogens is 2. The Morgan fingerprint density at radius 1 is 0.727 bits per heavy atom. The summed E-state index contributed by atoms with van der Waals surface area (Å²) < 4.78 is 15.0. The average molecular weight is 445 g/mol. The molecule has 5 heterocycles. The molecule has 0 spiro atoms. The molecular formula is C24H25FN8. The van der Waals surface area contributed by atoms with Gasteiger partial charge in [-0.2, -0.15) is 0 Å². The third-order valence-corrected chi connectivity index (χ3v) is 6.45. The largest absolute Gasteiger partial charge is 0.341 e. The summed E-state index contributed by atoms with van der Waals surface area (Å²) >= 11 is 0. The van der Waals surface area contributed by atoms with Gasteiger partial charge in [0, 0.05) is 29.1 Å². The maximum absolute atomic E-state index is 15.0. The van der Waals surface area contributed by atoms with E-state index in [1.807, 2.05) is 12.3 Å². The summed E-state index contributed by atoms with van der Waals surface area (Å²) in [7, 11) is 0. The van der Waals surface area contributed by atoms with Crippen molar-refractivity contribution < 1.29 is 4.39 Å². The molecule has 8 nitrogen and oxygen atoms in total. The first kappa shape index (κ1) is 20.2. The highest BCUT2D eigenvalue weighted by Gasteiger charge is 2.21. The van der Waals surface area contributed by atoms with Crippen molar-refractivity contribution in [3.63, 3.8) is 0 Å². The summed E-state index contributed by atoms with van der Waals surface area (Å²) in [6.45, 7) is 2.01. The molecule has 0 aliphatic carbocycles. The van der Waals surface area contributed by atoms with Crippen LogP contribution in [0.25, 0.3) is 33.9 Å². The van der Waals surface area contributed by atoms with Gasteiger partial charge in [-0.25, -0.2) is 24.3 Å². The molecule has 0 amide bonds. The Morgan fingerprint density at radius 2 is 1.36 bits per heavy atom. The van der Waals surface area contributed by atoms with Crippen molar-refractivity contribution in [2.45, 2.75) is 37.8 Å². The van der Waals surface area contributed by atoms with E-state index in [0.717, 1.165) is 61.7 Å². The number of aromatic nitrogens is 6. The van der Waals surface area contributed by atoms with Gasteiger partial charge in [-0.05, 0) is 50.9 Å². The molecule has 0 saturated carbocycles. The van der Waals surface area contributed by atoms with Crippen LogP contribution in [0.2, 0.25) is 0 Å². The first-order chi connectivity index (χ1) is 16.2. The smallest absolute Gasteiger partial charge is 0.159 e. The molecule has 4 aromatic rings. The topological polar surface area (TPSA) is 107 Å². The molecule has 0 unspecified atom stereocenters. The van der Waals surface area contributed by atoms with E-state index in [-0.39, 0.29) is 17.9 Å². The maximum atomic E-state index is 15.0. The summed E-state index contributed by atoms with van der Waals surface area (Å²) in [6.07, 6.45) is 11.4. The standard InChI is InChI=1S/C24H25FN8/c25-17-9-14(5-6-16(17)21-13-31-24(33-21)19-4-2-8-27-19)22-28-10-15(11-29-22)20-12-30-23(32-20)18-3-1-7-26-18/h5-6,9-13,18-19,26-27H,1-4,7-8H2,(H,30,32)(H,31,33)/t18-,19-/m0/s1. The quantitative estimate of drug-likeness (QED) is 0.372. The highest BCUT2D eigenvalue weighted by atomic mass is 19.1. The number of nitrogens with zero attached hydrogens (tertiary/aromatic N) is 4. The molecule has 2 aliphatic heterocycles.